The van der Waals surface area contributed by atoms with Crippen LogP contribution < -0.4 is 10.1 Å². The second-order valence-corrected chi connectivity index (χ2v) is 4.37. The van der Waals surface area contributed by atoms with E-state index in [0.29, 0.717) is 12.3 Å². The molecule has 0 aliphatic heterocycles. The summed E-state index contributed by atoms with van der Waals surface area (Å²) in [4.78, 5) is 16.9. The van der Waals surface area contributed by atoms with Crippen molar-refractivity contribution in [2.24, 2.45) is 0 Å². The first kappa shape index (κ1) is 14.3. The van der Waals surface area contributed by atoms with Crippen LogP contribution in [0.4, 0.5) is 0 Å². The summed E-state index contributed by atoms with van der Waals surface area (Å²) in [5.74, 6) is 1.34. The molecule has 6 nitrogen and oxygen atoms in total. The molecule has 0 fully saturated rings. The molecule has 0 spiro atoms. The minimum atomic E-state index is 0.0377. The number of nitrogens with zero attached hydrogens (tertiary/aromatic N) is 4. The third-order valence-electron chi connectivity index (χ3n) is 2.86. The highest BCUT2D eigenvalue weighted by atomic mass is 16.5. The number of ether oxygens (including phenoxy) is 1. The van der Waals surface area contributed by atoms with Crippen molar-refractivity contribution < 1.29 is 4.74 Å². The second-order valence-electron chi connectivity index (χ2n) is 4.37. The Kier molecular flexibility index (Phi) is 5.37. The molecule has 1 atom stereocenters. The Morgan fingerprint density at radius 3 is 2.70 bits per heavy atom. The molecule has 0 amide bonds. The van der Waals surface area contributed by atoms with Crippen molar-refractivity contribution in [1.29, 1.82) is 0 Å². The maximum Gasteiger partial charge on any atom is 0.216 e. The van der Waals surface area contributed by atoms with Crippen molar-refractivity contribution in [3.63, 3.8) is 0 Å². The highest BCUT2D eigenvalue weighted by Crippen LogP contribution is 2.15. The number of methoxy groups -OCH3 is 1. The molecule has 0 aliphatic carbocycles. The van der Waals surface area contributed by atoms with Gasteiger partial charge in [-0.3, -0.25) is 0 Å². The van der Waals surface area contributed by atoms with Gasteiger partial charge in [-0.05, 0) is 19.0 Å². The lowest BCUT2D eigenvalue weighted by Gasteiger charge is -2.16. The Balaban J connectivity index is 2.14. The van der Waals surface area contributed by atoms with Gasteiger partial charge in [0.05, 0.1) is 13.2 Å². The van der Waals surface area contributed by atoms with E-state index in [9.17, 15) is 0 Å². The van der Waals surface area contributed by atoms with E-state index in [-0.39, 0.29) is 6.04 Å². The maximum absolute atomic E-state index is 5.12. The van der Waals surface area contributed by atoms with E-state index in [1.165, 1.54) is 6.33 Å². The van der Waals surface area contributed by atoms with Gasteiger partial charge in [-0.25, -0.2) is 19.9 Å². The van der Waals surface area contributed by atoms with Gasteiger partial charge in [0.2, 0.25) is 5.88 Å². The Bertz CT molecular complexity index is 520. The topological polar surface area (TPSA) is 72.8 Å². The monoisotopic (exact) mass is 273 g/mol. The summed E-state index contributed by atoms with van der Waals surface area (Å²) in [6, 6.07) is 3.69. The first-order chi connectivity index (χ1) is 9.83. The zero-order chi connectivity index (χ0) is 14.2. The lowest BCUT2D eigenvalue weighted by atomic mass is 10.1. The summed E-state index contributed by atoms with van der Waals surface area (Å²) in [5, 5.41) is 3.45. The smallest absolute Gasteiger partial charge is 0.216 e. The van der Waals surface area contributed by atoms with Crippen molar-refractivity contribution in [2.75, 3.05) is 13.7 Å². The molecule has 0 saturated heterocycles. The average molecular weight is 273 g/mol. The largest absolute Gasteiger partial charge is 0.481 e. The number of nitrogens with one attached hydrogen (secondary N) is 1. The zero-order valence-corrected chi connectivity index (χ0v) is 11.8. The van der Waals surface area contributed by atoms with E-state index >= 15 is 0 Å². The van der Waals surface area contributed by atoms with Crippen molar-refractivity contribution in [1.82, 2.24) is 25.3 Å². The summed E-state index contributed by atoms with van der Waals surface area (Å²) in [7, 11) is 1.60. The Morgan fingerprint density at radius 2 is 2.00 bits per heavy atom. The molecule has 1 unspecified atom stereocenters. The highest BCUT2D eigenvalue weighted by Gasteiger charge is 2.15. The van der Waals surface area contributed by atoms with Gasteiger partial charge < -0.3 is 10.1 Å². The summed E-state index contributed by atoms with van der Waals surface area (Å²) >= 11 is 0. The fraction of sp³-hybridized carbons (Fsp3) is 0.429. The molecule has 2 rings (SSSR count). The van der Waals surface area contributed by atoms with Gasteiger partial charge in [0.15, 0.2) is 0 Å². The van der Waals surface area contributed by atoms with Gasteiger partial charge in [0.25, 0.3) is 0 Å². The van der Waals surface area contributed by atoms with Crippen LogP contribution in [0.2, 0.25) is 0 Å². The normalized spacial score (nSPS) is 12.1. The number of rotatable bonds is 7. The average Bonchev–Trinajstić information content (AvgIpc) is 2.52. The van der Waals surface area contributed by atoms with Crippen molar-refractivity contribution in [3.8, 4) is 5.88 Å². The molecule has 2 heterocycles. The molecule has 0 aromatic carbocycles. The van der Waals surface area contributed by atoms with Crippen LogP contribution in [0.5, 0.6) is 5.88 Å². The summed E-state index contributed by atoms with van der Waals surface area (Å²) in [6.07, 6.45) is 6.77. The fourth-order valence-electron chi connectivity index (χ4n) is 1.87. The van der Waals surface area contributed by atoms with Gasteiger partial charge in [-0.2, -0.15) is 0 Å². The molecule has 6 heteroatoms. The quantitative estimate of drug-likeness (QED) is 0.825. The van der Waals surface area contributed by atoms with Crippen LogP contribution in [0, 0.1) is 0 Å². The Morgan fingerprint density at radius 1 is 1.20 bits per heavy atom. The first-order valence-corrected chi connectivity index (χ1v) is 6.68. The third kappa shape index (κ3) is 3.96. The van der Waals surface area contributed by atoms with Crippen LogP contribution in [0.3, 0.4) is 0 Å². The van der Waals surface area contributed by atoms with Gasteiger partial charge in [-0.1, -0.05) is 6.92 Å². The van der Waals surface area contributed by atoms with Crippen LogP contribution in [0.15, 0.2) is 30.9 Å². The molecule has 1 N–H and O–H groups in total. The molecule has 0 aliphatic rings. The van der Waals surface area contributed by atoms with Gasteiger partial charge >= 0.3 is 0 Å². The van der Waals surface area contributed by atoms with Crippen molar-refractivity contribution >= 4 is 0 Å². The second kappa shape index (κ2) is 7.49. The predicted octanol–water partition coefficient (Wildman–Crippen LogP) is 1.56. The first-order valence-electron chi connectivity index (χ1n) is 6.68. The highest BCUT2D eigenvalue weighted by molar-refractivity contribution is 5.15. The van der Waals surface area contributed by atoms with Crippen LogP contribution in [-0.4, -0.2) is 33.6 Å². The Hall–Kier alpha value is -2.08. The van der Waals surface area contributed by atoms with E-state index < -0.39 is 0 Å². The minimum absolute atomic E-state index is 0.0377. The van der Waals surface area contributed by atoms with Crippen molar-refractivity contribution in [3.05, 3.63) is 42.4 Å². The molecule has 106 valence electrons. The Labute approximate surface area is 118 Å². The molecule has 0 radical (unpaired) electrons. The van der Waals surface area contributed by atoms with Gasteiger partial charge in [-0.15, -0.1) is 0 Å². The van der Waals surface area contributed by atoms with Crippen LogP contribution in [0.1, 0.15) is 30.9 Å². The fourth-order valence-corrected chi connectivity index (χ4v) is 1.87. The van der Waals surface area contributed by atoms with Crippen LogP contribution in [-0.2, 0) is 6.42 Å². The van der Waals surface area contributed by atoms with Crippen LogP contribution in [0.25, 0.3) is 0 Å². The zero-order valence-electron chi connectivity index (χ0n) is 11.8. The lowest BCUT2D eigenvalue weighted by Crippen LogP contribution is -2.26. The minimum Gasteiger partial charge on any atom is -0.481 e. The van der Waals surface area contributed by atoms with Gasteiger partial charge in [0, 0.05) is 30.6 Å². The molecule has 2 aromatic heterocycles. The summed E-state index contributed by atoms with van der Waals surface area (Å²) < 4.78 is 5.12. The number of hydrogen-bond acceptors (Lipinski definition) is 6. The van der Waals surface area contributed by atoms with E-state index in [4.69, 9.17) is 4.74 Å². The van der Waals surface area contributed by atoms with Crippen LogP contribution >= 0.6 is 0 Å². The van der Waals surface area contributed by atoms with E-state index in [1.807, 2.05) is 12.1 Å². The lowest BCUT2D eigenvalue weighted by molar-refractivity contribution is 0.395. The standard InChI is InChI=1S/C14H19N5O/c1-3-5-15-12(14-16-6-4-7-17-14)8-11-9-13(20-2)19-10-18-11/h4,6-7,9-10,12,15H,3,5,8H2,1-2H3. The molecule has 20 heavy (non-hydrogen) atoms. The molecule has 2 aromatic rings. The van der Waals surface area contributed by atoms with E-state index in [0.717, 1.165) is 24.5 Å². The summed E-state index contributed by atoms with van der Waals surface area (Å²) in [6.45, 7) is 3.04. The predicted molar refractivity (Wildman–Crippen MR) is 75.4 cm³/mol. The van der Waals surface area contributed by atoms with Gasteiger partial charge in [0.1, 0.15) is 12.2 Å². The molecular weight excluding hydrogens is 254 g/mol. The molecular formula is C14H19N5O. The third-order valence-corrected chi connectivity index (χ3v) is 2.86. The SMILES string of the molecule is CCCNC(Cc1cc(OC)ncn1)c1ncccn1. The van der Waals surface area contributed by atoms with E-state index in [1.54, 1.807) is 19.5 Å². The maximum atomic E-state index is 5.12. The molecule has 0 saturated carbocycles. The van der Waals surface area contributed by atoms with Crippen molar-refractivity contribution in [2.45, 2.75) is 25.8 Å². The number of hydrogen-bond donors (Lipinski definition) is 1. The molecule has 0 bridgehead atoms. The van der Waals surface area contributed by atoms with E-state index in [2.05, 4.69) is 32.2 Å². The summed E-state index contributed by atoms with van der Waals surface area (Å²) in [5.41, 5.74) is 0.901. The number of aromatic nitrogens is 4.